The van der Waals surface area contributed by atoms with Gasteiger partial charge < -0.3 is 15.8 Å². The van der Waals surface area contributed by atoms with E-state index in [0.29, 0.717) is 0 Å². The number of aromatic nitrogens is 1. The van der Waals surface area contributed by atoms with Crippen LogP contribution in [0.1, 0.15) is 18.9 Å². The Labute approximate surface area is 108 Å². The molecule has 0 saturated heterocycles. The van der Waals surface area contributed by atoms with Crippen LogP contribution < -0.4 is 10.6 Å². The molecule has 0 aliphatic rings. The Balaban J connectivity index is 3.03. The highest BCUT2D eigenvalue weighted by molar-refractivity contribution is 5.80. The van der Waals surface area contributed by atoms with E-state index in [1.165, 1.54) is 24.2 Å². The van der Waals surface area contributed by atoms with E-state index in [1.54, 1.807) is 6.92 Å². The van der Waals surface area contributed by atoms with E-state index in [0.717, 1.165) is 6.07 Å². The zero-order chi connectivity index (χ0) is 14.6. The van der Waals surface area contributed by atoms with Crippen molar-refractivity contribution in [2.45, 2.75) is 25.6 Å². The van der Waals surface area contributed by atoms with Gasteiger partial charge in [0.15, 0.2) is 0 Å². The summed E-state index contributed by atoms with van der Waals surface area (Å²) in [5.74, 6) is -0.239. The van der Waals surface area contributed by atoms with Crippen molar-refractivity contribution in [2.24, 2.45) is 10.9 Å². The Morgan fingerprint density at radius 1 is 1.58 bits per heavy atom. The molecule has 106 valence electrons. The van der Waals surface area contributed by atoms with E-state index in [4.69, 9.17) is 10.9 Å². The molecule has 8 heteroatoms. The van der Waals surface area contributed by atoms with E-state index in [-0.39, 0.29) is 18.1 Å². The summed E-state index contributed by atoms with van der Waals surface area (Å²) in [5, 5.41) is 11.3. The monoisotopic (exact) mass is 276 g/mol. The van der Waals surface area contributed by atoms with Crippen molar-refractivity contribution in [3.05, 3.63) is 23.9 Å². The second-order valence-corrected chi connectivity index (χ2v) is 4.13. The number of halogens is 3. The third kappa shape index (κ3) is 3.73. The van der Waals surface area contributed by atoms with E-state index < -0.39 is 17.8 Å². The van der Waals surface area contributed by atoms with Gasteiger partial charge in [0.05, 0.1) is 5.56 Å². The fourth-order valence-corrected chi connectivity index (χ4v) is 1.59. The van der Waals surface area contributed by atoms with Gasteiger partial charge in [-0.15, -0.1) is 0 Å². The van der Waals surface area contributed by atoms with E-state index in [9.17, 15) is 13.2 Å². The molecule has 1 aromatic rings. The van der Waals surface area contributed by atoms with Gasteiger partial charge in [-0.3, -0.25) is 0 Å². The first-order chi connectivity index (χ1) is 8.77. The summed E-state index contributed by atoms with van der Waals surface area (Å²) in [6.45, 7) is 1.66. The Morgan fingerprint density at radius 3 is 2.74 bits per heavy atom. The number of pyridine rings is 1. The van der Waals surface area contributed by atoms with E-state index in [2.05, 4.69) is 10.1 Å². The number of hydrogen-bond donors (Lipinski definition) is 2. The summed E-state index contributed by atoms with van der Waals surface area (Å²) in [4.78, 5) is 5.11. The molecule has 1 aromatic heterocycles. The van der Waals surface area contributed by atoms with Crippen LogP contribution in [0, 0.1) is 0 Å². The summed E-state index contributed by atoms with van der Waals surface area (Å²) in [6, 6.07) is 1.80. The van der Waals surface area contributed by atoms with E-state index >= 15 is 0 Å². The fraction of sp³-hybridized carbons (Fsp3) is 0.455. The second-order valence-electron chi connectivity index (χ2n) is 4.13. The fourth-order valence-electron chi connectivity index (χ4n) is 1.59. The van der Waals surface area contributed by atoms with Gasteiger partial charge in [-0.2, -0.15) is 13.2 Å². The van der Waals surface area contributed by atoms with Gasteiger partial charge in [-0.05, 0) is 19.1 Å². The van der Waals surface area contributed by atoms with Crippen molar-refractivity contribution in [1.82, 2.24) is 4.98 Å². The molecule has 0 radical (unpaired) electrons. The van der Waals surface area contributed by atoms with Crippen molar-refractivity contribution in [2.75, 3.05) is 11.9 Å². The summed E-state index contributed by atoms with van der Waals surface area (Å²) in [6.07, 6.45) is -3.06. The molecule has 0 aliphatic carbocycles. The summed E-state index contributed by atoms with van der Waals surface area (Å²) >= 11 is 0. The average molecular weight is 276 g/mol. The topological polar surface area (TPSA) is 74.7 Å². The second kappa shape index (κ2) is 5.77. The van der Waals surface area contributed by atoms with Gasteiger partial charge in [0.2, 0.25) is 0 Å². The van der Waals surface area contributed by atoms with Crippen molar-refractivity contribution < 1.29 is 18.4 Å². The lowest BCUT2D eigenvalue weighted by Crippen LogP contribution is -2.35. The molecule has 0 bridgehead atoms. The van der Waals surface area contributed by atoms with Gasteiger partial charge in [-0.25, -0.2) is 4.98 Å². The zero-order valence-electron chi connectivity index (χ0n) is 10.5. The van der Waals surface area contributed by atoms with Crippen molar-refractivity contribution in [3.63, 3.8) is 0 Å². The molecule has 19 heavy (non-hydrogen) atoms. The number of amidine groups is 1. The first kappa shape index (κ1) is 15.1. The highest BCUT2D eigenvalue weighted by Crippen LogP contribution is 2.35. The maximum absolute atomic E-state index is 12.8. The predicted octanol–water partition coefficient (Wildman–Crippen LogP) is 2.06. The van der Waals surface area contributed by atoms with Crippen LogP contribution in [0.5, 0.6) is 0 Å². The molecular formula is C11H15F3N4O. The molecule has 0 aliphatic heterocycles. The molecule has 0 amide bonds. The van der Waals surface area contributed by atoms with Crippen molar-refractivity contribution in [1.29, 1.82) is 0 Å². The lowest BCUT2D eigenvalue weighted by Gasteiger charge is -2.27. The van der Waals surface area contributed by atoms with Crippen LogP contribution in [-0.4, -0.2) is 29.1 Å². The molecule has 0 saturated carbocycles. The summed E-state index contributed by atoms with van der Waals surface area (Å²) in [5.41, 5.74) is 4.53. The third-order valence-corrected chi connectivity index (χ3v) is 2.72. The highest BCUT2D eigenvalue weighted by Gasteiger charge is 2.35. The maximum Gasteiger partial charge on any atom is 0.419 e. The molecule has 5 nitrogen and oxygen atoms in total. The normalized spacial score (nSPS) is 14.3. The minimum atomic E-state index is -4.48. The quantitative estimate of drug-likeness (QED) is 0.382. The molecular weight excluding hydrogens is 261 g/mol. The van der Waals surface area contributed by atoms with Gasteiger partial charge in [0.25, 0.3) is 0 Å². The Kier molecular flexibility index (Phi) is 4.57. The third-order valence-electron chi connectivity index (χ3n) is 2.72. The van der Waals surface area contributed by atoms with Gasteiger partial charge in [0, 0.05) is 25.7 Å². The number of nitrogens with zero attached hydrogens (tertiary/aromatic N) is 3. The van der Waals surface area contributed by atoms with Crippen molar-refractivity contribution >= 4 is 11.7 Å². The lowest BCUT2D eigenvalue weighted by atomic mass is 10.1. The summed E-state index contributed by atoms with van der Waals surface area (Å²) < 4.78 is 38.5. The first-order valence-electron chi connectivity index (χ1n) is 5.48. The molecule has 0 aromatic carbocycles. The molecule has 3 N–H and O–H groups in total. The number of anilines is 1. The predicted molar refractivity (Wildman–Crippen MR) is 65.1 cm³/mol. The van der Waals surface area contributed by atoms with Crippen LogP contribution in [0.3, 0.4) is 0 Å². The smallest absolute Gasteiger partial charge is 0.409 e. The molecule has 1 heterocycles. The largest absolute Gasteiger partial charge is 0.419 e. The van der Waals surface area contributed by atoms with Crippen LogP contribution in [0.2, 0.25) is 0 Å². The maximum atomic E-state index is 12.8. The Bertz CT molecular complexity index is 461. The molecule has 1 atom stereocenters. The molecule has 0 spiro atoms. The summed E-state index contributed by atoms with van der Waals surface area (Å²) in [7, 11) is 1.48. The zero-order valence-corrected chi connectivity index (χ0v) is 10.5. The minimum absolute atomic E-state index is 0.0520. The number of oxime groups is 1. The lowest BCUT2D eigenvalue weighted by molar-refractivity contribution is -0.137. The SMILES string of the molecule is CC(CC(N)=NO)N(C)c1ncccc1C(F)(F)F. The molecule has 1 rings (SSSR count). The molecule has 0 fully saturated rings. The van der Waals surface area contributed by atoms with Gasteiger partial charge in [-0.1, -0.05) is 5.16 Å². The molecule has 1 unspecified atom stereocenters. The Morgan fingerprint density at radius 2 is 2.21 bits per heavy atom. The van der Waals surface area contributed by atoms with Crippen molar-refractivity contribution in [3.8, 4) is 0 Å². The van der Waals surface area contributed by atoms with Crippen LogP contribution in [0.15, 0.2) is 23.5 Å². The van der Waals surface area contributed by atoms with Crippen LogP contribution in [0.25, 0.3) is 0 Å². The number of alkyl halides is 3. The number of rotatable bonds is 4. The van der Waals surface area contributed by atoms with Gasteiger partial charge >= 0.3 is 6.18 Å². The first-order valence-corrected chi connectivity index (χ1v) is 5.48. The average Bonchev–Trinajstić information content (AvgIpc) is 2.36. The number of nitrogens with two attached hydrogens (primary N) is 1. The van der Waals surface area contributed by atoms with E-state index in [1.807, 2.05) is 0 Å². The van der Waals surface area contributed by atoms with Crippen LogP contribution in [-0.2, 0) is 6.18 Å². The highest BCUT2D eigenvalue weighted by atomic mass is 19.4. The van der Waals surface area contributed by atoms with Gasteiger partial charge in [0.1, 0.15) is 11.7 Å². The Hall–Kier alpha value is -1.99. The standard InChI is InChI=1S/C11H15F3N4O/c1-7(6-9(15)17-19)18(2)10-8(11(12,13)14)4-3-5-16-10/h3-5,7,19H,6H2,1-2H3,(H2,15,17). The van der Waals surface area contributed by atoms with Crippen LogP contribution in [0.4, 0.5) is 19.0 Å². The number of hydrogen-bond acceptors (Lipinski definition) is 4. The minimum Gasteiger partial charge on any atom is -0.409 e. The van der Waals surface area contributed by atoms with Crippen LogP contribution >= 0.6 is 0 Å².